The number of hydrogen-bond donors (Lipinski definition) is 2. The van der Waals surface area contributed by atoms with E-state index in [1.165, 1.54) is 22.3 Å². The molecule has 1 saturated heterocycles. The second-order valence-electron chi connectivity index (χ2n) is 7.47. The minimum absolute atomic E-state index is 0.0884. The van der Waals surface area contributed by atoms with Crippen molar-refractivity contribution < 1.29 is 4.74 Å². The highest BCUT2D eigenvalue weighted by Crippen LogP contribution is 2.36. The number of nitrogens with one attached hydrogen (secondary N) is 2. The van der Waals surface area contributed by atoms with Gasteiger partial charge in [-0.25, -0.2) is 0 Å². The van der Waals surface area contributed by atoms with Crippen LogP contribution in [0.3, 0.4) is 0 Å². The Labute approximate surface area is 163 Å². The molecular formula is C23H31N3O. The Morgan fingerprint density at radius 3 is 2.37 bits per heavy atom. The number of hydrogen-bond acceptors (Lipinski definition) is 2. The fourth-order valence-electron chi connectivity index (χ4n) is 3.84. The van der Waals surface area contributed by atoms with Gasteiger partial charge in [0.25, 0.3) is 0 Å². The maximum atomic E-state index is 5.66. The second-order valence-corrected chi connectivity index (χ2v) is 7.47. The van der Waals surface area contributed by atoms with Gasteiger partial charge < -0.3 is 15.4 Å². The maximum absolute atomic E-state index is 5.66. The van der Waals surface area contributed by atoms with E-state index in [0.717, 1.165) is 45.1 Å². The normalized spacial score (nSPS) is 16.8. The summed E-state index contributed by atoms with van der Waals surface area (Å²) in [6.45, 7) is 7.56. The molecule has 0 bridgehead atoms. The van der Waals surface area contributed by atoms with Gasteiger partial charge in [-0.1, -0.05) is 54.1 Å². The zero-order valence-corrected chi connectivity index (χ0v) is 16.7. The standard InChI is InChI=1S/C23H31N3O/c1-18-8-10-20(11-9-18)16-25-22(24-3)26-17-23(12-14-27-15-13-23)21-7-5-4-6-19(21)2/h4-11H,12-17H2,1-3H3,(H2,24,25,26). The molecule has 1 aliphatic heterocycles. The highest BCUT2D eigenvalue weighted by molar-refractivity contribution is 5.79. The van der Waals surface area contributed by atoms with Crippen LogP contribution < -0.4 is 10.6 Å². The summed E-state index contributed by atoms with van der Waals surface area (Å²) in [6, 6.07) is 17.3. The van der Waals surface area contributed by atoms with Gasteiger partial charge in [-0.15, -0.1) is 0 Å². The van der Waals surface area contributed by atoms with Gasteiger partial charge >= 0.3 is 0 Å². The average molecular weight is 366 g/mol. The minimum Gasteiger partial charge on any atom is -0.381 e. The summed E-state index contributed by atoms with van der Waals surface area (Å²) < 4.78 is 5.66. The monoisotopic (exact) mass is 365 g/mol. The molecule has 144 valence electrons. The van der Waals surface area contributed by atoms with Crippen molar-refractivity contribution in [3.05, 3.63) is 70.8 Å². The van der Waals surface area contributed by atoms with Gasteiger partial charge in [0.2, 0.25) is 0 Å². The first-order chi connectivity index (χ1) is 13.1. The van der Waals surface area contributed by atoms with Crippen LogP contribution in [0, 0.1) is 13.8 Å². The van der Waals surface area contributed by atoms with Gasteiger partial charge in [-0.3, -0.25) is 4.99 Å². The summed E-state index contributed by atoms with van der Waals surface area (Å²) in [7, 11) is 1.83. The van der Waals surface area contributed by atoms with E-state index < -0.39 is 0 Å². The van der Waals surface area contributed by atoms with Crippen LogP contribution in [0.2, 0.25) is 0 Å². The third-order valence-electron chi connectivity index (χ3n) is 5.56. The largest absolute Gasteiger partial charge is 0.381 e. The van der Waals surface area contributed by atoms with Crippen LogP contribution in [0.1, 0.15) is 35.1 Å². The Balaban J connectivity index is 1.67. The number of guanidine groups is 1. The van der Waals surface area contributed by atoms with Crippen molar-refractivity contribution in [3.8, 4) is 0 Å². The molecule has 0 atom stereocenters. The zero-order valence-electron chi connectivity index (χ0n) is 16.7. The Morgan fingerprint density at radius 2 is 1.70 bits per heavy atom. The van der Waals surface area contributed by atoms with Gasteiger partial charge in [0.15, 0.2) is 5.96 Å². The first-order valence-corrected chi connectivity index (χ1v) is 9.77. The first-order valence-electron chi connectivity index (χ1n) is 9.77. The molecule has 0 amide bonds. The van der Waals surface area contributed by atoms with Gasteiger partial charge in [0.05, 0.1) is 0 Å². The zero-order chi connectivity index (χ0) is 19.1. The quantitative estimate of drug-likeness (QED) is 0.627. The maximum Gasteiger partial charge on any atom is 0.191 e. The van der Waals surface area contributed by atoms with Crippen molar-refractivity contribution in [2.24, 2.45) is 4.99 Å². The Kier molecular flexibility index (Phi) is 6.51. The molecule has 0 unspecified atom stereocenters. The van der Waals surface area contributed by atoms with E-state index in [1.807, 2.05) is 7.05 Å². The smallest absolute Gasteiger partial charge is 0.191 e. The predicted octanol–water partition coefficient (Wildman–Crippen LogP) is 3.72. The fourth-order valence-corrected chi connectivity index (χ4v) is 3.84. The number of aryl methyl sites for hydroxylation is 2. The number of nitrogens with zero attached hydrogens (tertiary/aromatic N) is 1. The molecule has 0 aromatic heterocycles. The molecule has 0 radical (unpaired) electrons. The SMILES string of the molecule is CN=C(NCc1ccc(C)cc1)NCC1(c2ccccc2C)CCOCC1. The van der Waals surface area contributed by atoms with Crippen LogP contribution in [0.5, 0.6) is 0 Å². The molecule has 2 aromatic rings. The number of ether oxygens (including phenoxy) is 1. The van der Waals surface area contributed by atoms with E-state index in [4.69, 9.17) is 4.74 Å². The lowest BCUT2D eigenvalue weighted by atomic mass is 9.72. The molecular weight excluding hydrogens is 334 g/mol. The highest BCUT2D eigenvalue weighted by atomic mass is 16.5. The van der Waals surface area contributed by atoms with E-state index in [2.05, 4.69) is 78.0 Å². The van der Waals surface area contributed by atoms with Crippen molar-refractivity contribution in [2.45, 2.75) is 38.6 Å². The Bertz CT molecular complexity index is 761. The third kappa shape index (κ3) is 4.89. The lowest BCUT2D eigenvalue weighted by molar-refractivity contribution is 0.0512. The topological polar surface area (TPSA) is 45.7 Å². The minimum atomic E-state index is 0.0884. The molecule has 4 nitrogen and oxygen atoms in total. The predicted molar refractivity (Wildman–Crippen MR) is 112 cm³/mol. The van der Waals surface area contributed by atoms with E-state index in [9.17, 15) is 0 Å². The first kappa shape index (κ1) is 19.4. The molecule has 0 saturated carbocycles. The number of benzene rings is 2. The summed E-state index contributed by atoms with van der Waals surface area (Å²) in [4.78, 5) is 4.42. The summed E-state index contributed by atoms with van der Waals surface area (Å²) in [6.07, 6.45) is 2.06. The van der Waals surface area contributed by atoms with Crippen molar-refractivity contribution in [1.29, 1.82) is 0 Å². The molecule has 27 heavy (non-hydrogen) atoms. The summed E-state index contributed by atoms with van der Waals surface area (Å²) in [5, 5.41) is 7.01. The van der Waals surface area contributed by atoms with E-state index in [1.54, 1.807) is 0 Å². The Morgan fingerprint density at radius 1 is 1.00 bits per heavy atom. The molecule has 1 aliphatic rings. The van der Waals surface area contributed by atoms with Crippen LogP contribution in [0.4, 0.5) is 0 Å². The van der Waals surface area contributed by atoms with Crippen LogP contribution in [0.25, 0.3) is 0 Å². The molecule has 2 N–H and O–H groups in total. The van der Waals surface area contributed by atoms with Crippen LogP contribution >= 0.6 is 0 Å². The third-order valence-corrected chi connectivity index (χ3v) is 5.56. The van der Waals surface area contributed by atoms with Crippen molar-refractivity contribution in [1.82, 2.24) is 10.6 Å². The molecule has 1 heterocycles. The Hall–Kier alpha value is -2.33. The molecule has 4 heteroatoms. The number of aliphatic imine (C=N–C) groups is 1. The van der Waals surface area contributed by atoms with E-state index in [0.29, 0.717) is 0 Å². The van der Waals surface area contributed by atoms with Crippen LogP contribution in [0.15, 0.2) is 53.5 Å². The van der Waals surface area contributed by atoms with Gasteiger partial charge in [0, 0.05) is 38.8 Å². The molecule has 1 fully saturated rings. The second kappa shape index (κ2) is 9.05. The summed E-state index contributed by atoms with van der Waals surface area (Å²) >= 11 is 0. The molecule has 3 rings (SSSR count). The van der Waals surface area contributed by atoms with Gasteiger partial charge in [-0.05, 0) is 43.4 Å². The lowest BCUT2D eigenvalue weighted by Crippen LogP contribution is -2.48. The molecule has 2 aromatic carbocycles. The summed E-state index contributed by atoms with van der Waals surface area (Å²) in [5.74, 6) is 0.843. The molecule has 0 spiro atoms. The van der Waals surface area contributed by atoms with Crippen molar-refractivity contribution in [3.63, 3.8) is 0 Å². The van der Waals surface area contributed by atoms with Crippen molar-refractivity contribution >= 4 is 5.96 Å². The van der Waals surface area contributed by atoms with Gasteiger partial charge in [-0.2, -0.15) is 0 Å². The average Bonchev–Trinajstić information content (AvgIpc) is 2.70. The van der Waals surface area contributed by atoms with Crippen molar-refractivity contribution in [2.75, 3.05) is 26.8 Å². The van der Waals surface area contributed by atoms with Crippen LogP contribution in [-0.2, 0) is 16.7 Å². The van der Waals surface area contributed by atoms with E-state index in [-0.39, 0.29) is 5.41 Å². The van der Waals surface area contributed by atoms with E-state index >= 15 is 0 Å². The molecule has 0 aliphatic carbocycles. The fraction of sp³-hybridized carbons (Fsp3) is 0.435. The van der Waals surface area contributed by atoms with Gasteiger partial charge in [0.1, 0.15) is 0 Å². The summed E-state index contributed by atoms with van der Waals surface area (Å²) in [5.41, 5.74) is 5.40. The lowest BCUT2D eigenvalue weighted by Gasteiger charge is -2.39. The highest BCUT2D eigenvalue weighted by Gasteiger charge is 2.35. The number of rotatable bonds is 5. The van der Waals surface area contributed by atoms with Crippen LogP contribution in [-0.4, -0.2) is 32.8 Å².